The van der Waals surface area contributed by atoms with Crippen LogP contribution in [0.4, 0.5) is 0 Å². The van der Waals surface area contributed by atoms with Crippen LogP contribution in [0.3, 0.4) is 0 Å². The summed E-state index contributed by atoms with van der Waals surface area (Å²) in [5.41, 5.74) is 1.56. The van der Waals surface area contributed by atoms with Crippen LogP contribution < -0.4 is 4.74 Å². The zero-order chi connectivity index (χ0) is 17.6. The summed E-state index contributed by atoms with van der Waals surface area (Å²) in [6.07, 6.45) is 10.8. The third kappa shape index (κ3) is 3.92. The largest absolute Gasteiger partial charge is 0.497 e. The summed E-state index contributed by atoms with van der Waals surface area (Å²) in [6.45, 7) is 10.1. The molecule has 0 spiro atoms. The SMILES string of the molecule is C=CCC1CC(O)(CCCCC)c2cc(OC)ccc2C1CC=C. The second-order valence-electron chi connectivity index (χ2n) is 7.06. The topological polar surface area (TPSA) is 29.5 Å². The Morgan fingerprint density at radius 3 is 2.62 bits per heavy atom. The van der Waals surface area contributed by atoms with Gasteiger partial charge in [-0.25, -0.2) is 0 Å². The van der Waals surface area contributed by atoms with Gasteiger partial charge in [-0.3, -0.25) is 0 Å². The molecule has 2 heteroatoms. The molecule has 132 valence electrons. The summed E-state index contributed by atoms with van der Waals surface area (Å²) in [4.78, 5) is 0. The van der Waals surface area contributed by atoms with Crippen LogP contribution in [0.15, 0.2) is 43.5 Å². The monoisotopic (exact) mass is 328 g/mol. The van der Waals surface area contributed by atoms with Crippen LogP contribution in [0.2, 0.25) is 0 Å². The average molecular weight is 328 g/mol. The minimum absolute atomic E-state index is 0.396. The van der Waals surface area contributed by atoms with Crippen molar-refractivity contribution < 1.29 is 9.84 Å². The number of ether oxygens (including phenoxy) is 1. The van der Waals surface area contributed by atoms with Crippen molar-refractivity contribution in [1.82, 2.24) is 0 Å². The highest BCUT2D eigenvalue weighted by molar-refractivity contribution is 5.44. The molecule has 3 unspecified atom stereocenters. The van der Waals surface area contributed by atoms with Gasteiger partial charge in [-0.2, -0.15) is 0 Å². The first-order valence-electron chi connectivity index (χ1n) is 9.22. The van der Waals surface area contributed by atoms with Crippen LogP contribution >= 0.6 is 0 Å². The van der Waals surface area contributed by atoms with Gasteiger partial charge in [0.15, 0.2) is 0 Å². The molecule has 0 saturated carbocycles. The van der Waals surface area contributed by atoms with Crippen molar-refractivity contribution in [3.05, 3.63) is 54.6 Å². The first-order valence-corrected chi connectivity index (χ1v) is 9.22. The van der Waals surface area contributed by atoms with Gasteiger partial charge >= 0.3 is 0 Å². The van der Waals surface area contributed by atoms with Crippen molar-refractivity contribution in [2.45, 2.75) is 63.4 Å². The summed E-state index contributed by atoms with van der Waals surface area (Å²) < 4.78 is 5.42. The van der Waals surface area contributed by atoms with Gasteiger partial charge in [-0.1, -0.05) is 44.4 Å². The van der Waals surface area contributed by atoms with Gasteiger partial charge in [0.2, 0.25) is 0 Å². The van der Waals surface area contributed by atoms with E-state index in [-0.39, 0.29) is 0 Å². The molecule has 1 aliphatic rings. The number of aliphatic hydroxyl groups is 1. The van der Waals surface area contributed by atoms with E-state index in [1.807, 2.05) is 24.3 Å². The predicted molar refractivity (Wildman–Crippen MR) is 102 cm³/mol. The third-order valence-electron chi connectivity index (χ3n) is 5.41. The standard InChI is InChI=1S/C22H32O2/c1-5-8-9-14-22(23)16-17(10-6-2)19(11-7-3)20-13-12-18(24-4)15-21(20)22/h6-7,12-13,15,17,19,23H,2-3,5,8-11,14,16H2,1,4H3. The summed E-state index contributed by atoms with van der Waals surface area (Å²) in [5, 5.41) is 11.5. The maximum absolute atomic E-state index is 11.5. The molecule has 0 fully saturated rings. The lowest BCUT2D eigenvalue weighted by Crippen LogP contribution is -2.37. The highest BCUT2D eigenvalue weighted by Gasteiger charge is 2.42. The number of rotatable bonds is 9. The van der Waals surface area contributed by atoms with E-state index in [4.69, 9.17) is 4.74 Å². The van der Waals surface area contributed by atoms with Gasteiger partial charge in [0, 0.05) is 0 Å². The van der Waals surface area contributed by atoms with Crippen molar-refractivity contribution in [3.63, 3.8) is 0 Å². The van der Waals surface area contributed by atoms with Gasteiger partial charge in [0.25, 0.3) is 0 Å². The average Bonchev–Trinajstić information content (AvgIpc) is 2.58. The Labute approximate surface area is 147 Å². The molecule has 0 aromatic heterocycles. The molecular formula is C22H32O2. The first-order chi connectivity index (χ1) is 11.6. The van der Waals surface area contributed by atoms with E-state index in [2.05, 4.69) is 26.1 Å². The molecule has 24 heavy (non-hydrogen) atoms. The molecule has 3 atom stereocenters. The molecule has 0 radical (unpaired) electrons. The molecule has 0 heterocycles. The lowest BCUT2D eigenvalue weighted by Gasteiger charge is -2.43. The Bertz CT molecular complexity index is 563. The molecule has 0 aliphatic heterocycles. The van der Waals surface area contributed by atoms with Gasteiger partial charge in [-0.05, 0) is 60.8 Å². The van der Waals surface area contributed by atoms with Crippen LogP contribution in [-0.2, 0) is 5.60 Å². The van der Waals surface area contributed by atoms with E-state index in [9.17, 15) is 5.11 Å². The minimum Gasteiger partial charge on any atom is -0.497 e. The van der Waals surface area contributed by atoms with Crippen molar-refractivity contribution in [1.29, 1.82) is 0 Å². The van der Waals surface area contributed by atoms with Crippen molar-refractivity contribution >= 4 is 0 Å². The Balaban J connectivity index is 2.46. The van der Waals surface area contributed by atoms with Gasteiger partial charge in [0.1, 0.15) is 5.75 Å². The van der Waals surface area contributed by atoms with Crippen LogP contribution in [-0.4, -0.2) is 12.2 Å². The summed E-state index contributed by atoms with van der Waals surface area (Å²) in [6, 6.07) is 6.20. The summed E-state index contributed by atoms with van der Waals surface area (Å²) in [7, 11) is 1.68. The number of fused-ring (bicyclic) bond motifs is 1. The predicted octanol–water partition coefficient (Wildman–Crippen LogP) is 5.72. The molecule has 2 rings (SSSR count). The quantitative estimate of drug-likeness (QED) is 0.464. The highest BCUT2D eigenvalue weighted by Crippen LogP contribution is 2.50. The normalized spacial score (nSPS) is 25.8. The van der Waals surface area contributed by atoms with Crippen LogP contribution in [0.5, 0.6) is 5.75 Å². The number of unbranched alkanes of at least 4 members (excludes halogenated alkanes) is 2. The Morgan fingerprint density at radius 1 is 1.25 bits per heavy atom. The Morgan fingerprint density at radius 2 is 2.00 bits per heavy atom. The fourth-order valence-electron chi connectivity index (χ4n) is 4.19. The number of benzene rings is 1. The van der Waals surface area contributed by atoms with Crippen LogP contribution in [0, 0.1) is 5.92 Å². The van der Waals surface area contributed by atoms with Gasteiger partial charge in [-0.15, -0.1) is 13.2 Å². The molecule has 0 saturated heterocycles. The third-order valence-corrected chi connectivity index (χ3v) is 5.41. The van der Waals surface area contributed by atoms with Gasteiger partial charge < -0.3 is 9.84 Å². The maximum Gasteiger partial charge on any atom is 0.119 e. The fraction of sp³-hybridized carbons (Fsp3) is 0.545. The van der Waals surface area contributed by atoms with Crippen LogP contribution in [0.25, 0.3) is 0 Å². The summed E-state index contributed by atoms with van der Waals surface area (Å²) >= 11 is 0. The maximum atomic E-state index is 11.5. The second-order valence-corrected chi connectivity index (χ2v) is 7.06. The Hall–Kier alpha value is -1.54. The highest BCUT2D eigenvalue weighted by atomic mass is 16.5. The van der Waals surface area contributed by atoms with Crippen molar-refractivity contribution in [2.24, 2.45) is 5.92 Å². The summed E-state index contributed by atoms with van der Waals surface area (Å²) in [5.74, 6) is 1.63. The number of allylic oxidation sites excluding steroid dienone is 2. The fourth-order valence-corrected chi connectivity index (χ4v) is 4.19. The zero-order valence-electron chi connectivity index (χ0n) is 15.3. The molecule has 1 N–H and O–H groups in total. The number of hydrogen-bond donors (Lipinski definition) is 1. The zero-order valence-corrected chi connectivity index (χ0v) is 15.3. The van der Waals surface area contributed by atoms with E-state index in [1.54, 1.807) is 7.11 Å². The van der Waals surface area contributed by atoms with Crippen molar-refractivity contribution in [2.75, 3.05) is 7.11 Å². The number of methoxy groups -OCH3 is 1. The minimum atomic E-state index is -0.760. The van der Waals surface area contributed by atoms with E-state index in [0.29, 0.717) is 11.8 Å². The first kappa shape index (κ1) is 18.8. The molecule has 0 amide bonds. The smallest absolute Gasteiger partial charge is 0.119 e. The molecule has 1 aliphatic carbocycles. The molecule has 2 nitrogen and oxygen atoms in total. The molecule has 1 aromatic rings. The molecule has 1 aromatic carbocycles. The van der Waals surface area contributed by atoms with Gasteiger partial charge in [0.05, 0.1) is 12.7 Å². The Kier molecular flexibility index (Phi) is 6.68. The van der Waals surface area contributed by atoms with E-state index < -0.39 is 5.60 Å². The lowest BCUT2D eigenvalue weighted by molar-refractivity contribution is -0.0144. The van der Waals surface area contributed by atoms with Crippen molar-refractivity contribution in [3.8, 4) is 5.75 Å². The number of hydrogen-bond acceptors (Lipinski definition) is 2. The molecule has 0 bridgehead atoms. The second kappa shape index (κ2) is 8.53. The van der Waals surface area contributed by atoms with E-state index in [1.165, 1.54) is 5.56 Å². The van der Waals surface area contributed by atoms with Crippen LogP contribution in [0.1, 0.15) is 68.9 Å². The van der Waals surface area contributed by atoms with E-state index >= 15 is 0 Å². The molecular weight excluding hydrogens is 296 g/mol. The lowest BCUT2D eigenvalue weighted by atomic mass is 9.64. The van der Waals surface area contributed by atoms with E-state index in [0.717, 1.165) is 56.3 Å².